The number of nitrogens with zero attached hydrogens (tertiary/aromatic N) is 1. The molecule has 100 valence electrons. The fraction of sp³-hybridized carbons (Fsp3) is 0.154. The van der Waals surface area contributed by atoms with Crippen LogP contribution in [-0.2, 0) is 6.61 Å². The van der Waals surface area contributed by atoms with E-state index in [1.54, 1.807) is 24.3 Å². The monoisotopic (exact) mass is 317 g/mol. The molecule has 19 heavy (non-hydrogen) atoms. The third-order valence-corrected chi connectivity index (χ3v) is 3.89. The molecule has 0 atom stereocenters. The van der Waals surface area contributed by atoms with E-state index >= 15 is 0 Å². The van der Waals surface area contributed by atoms with Crippen molar-refractivity contribution >= 4 is 34.8 Å². The topological polar surface area (TPSA) is 42.4 Å². The van der Waals surface area contributed by atoms with E-state index < -0.39 is 0 Å². The Balaban J connectivity index is 2.62. The van der Waals surface area contributed by atoms with Gasteiger partial charge in [-0.05, 0) is 18.2 Å². The molecular weight excluding hydrogens is 309 g/mol. The van der Waals surface area contributed by atoms with Gasteiger partial charge in [0.15, 0.2) is 0 Å². The molecule has 0 saturated heterocycles. The molecule has 2 aromatic rings. The summed E-state index contributed by atoms with van der Waals surface area (Å²) < 4.78 is 5.21. The number of aliphatic hydroxyl groups is 1. The predicted octanol–water partition coefficient (Wildman–Crippen LogP) is 4.21. The fourth-order valence-electron chi connectivity index (χ4n) is 1.66. The summed E-state index contributed by atoms with van der Waals surface area (Å²) in [4.78, 5) is 4.17. The molecule has 0 amide bonds. The minimum Gasteiger partial charge on any atom is -0.481 e. The minimum absolute atomic E-state index is 0.161. The number of ether oxygens (including phenoxy) is 1. The molecular formula is C13H10Cl3NO2. The number of benzene rings is 1. The zero-order valence-corrected chi connectivity index (χ0v) is 12.2. The van der Waals surface area contributed by atoms with Crippen molar-refractivity contribution in [2.75, 3.05) is 7.11 Å². The van der Waals surface area contributed by atoms with Gasteiger partial charge in [0.25, 0.3) is 0 Å². The van der Waals surface area contributed by atoms with E-state index in [2.05, 4.69) is 4.98 Å². The van der Waals surface area contributed by atoms with Crippen molar-refractivity contribution in [3.63, 3.8) is 0 Å². The van der Waals surface area contributed by atoms with E-state index in [1.807, 2.05) is 0 Å². The molecule has 1 aromatic carbocycles. The first-order valence-electron chi connectivity index (χ1n) is 5.37. The van der Waals surface area contributed by atoms with Gasteiger partial charge >= 0.3 is 0 Å². The van der Waals surface area contributed by atoms with Gasteiger partial charge in [-0.15, -0.1) is 0 Å². The van der Waals surface area contributed by atoms with Gasteiger partial charge in [-0.1, -0.05) is 40.9 Å². The lowest BCUT2D eigenvalue weighted by atomic mass is 10.1. The second-order valence-electron chi connectivity index (χ2n) is 3.74. The summed E-state index contributed by atoms with van der Waals surface area (Å²) in [6.45, 7) is -0.161. The molecule has 0 aliphatic rings. The molecule has 1 aromatic heterocycles. The Morgan fingerprint density at radius 2 is 1.74 bits per heavy atom. The first-order valence-corrected chi connectivity index (χ1v) is 6.50. The molecule has 0 unspecified atom stereocenters. The summed E-state index contributed by atoms with van der Waals surface area (Å²) in [5.74, 6) is 0.367. The minimum atomic E-state index is -0.161. The molecule has 0 bridgehead atoms. The van der Waals surface area contributed by atoms with Crippen LogP contribution in [0.1, 0.15) is 5.69 Å². The van der Waals surface area contributed by atoms with E-state index in [9.17, 15) is 0 Å². The number of halogens is 3. The predicted molar refractivity (Wildman–Crippen MR) is 77.2 cm³/mol. The van der Waals surface area contributed by atoms with Crippen molar-refractivity contribution in [2.45, 2.75) is 6.61 Å². The van der Waals surface area contributed by atoms with Gasteiger partial charge in [0.1, 0.15) is 0 Å². The maximum Gasteiger partial charge on any atom is 0.221 e. The normalized spacial score (nSPS) is 10.6. The standard InChI is InChI=1S/C13H10Cl3NO2/c1-19-13-9(3-2-7(6-18)17-13)8-4-5-10(14)12(16)11(8)15/h2-5,18H,6H2,1H3. The van der Waals surface area contributed by atoms with Crippen molar-refractivity contribution in [3.8, 4) is 17.0 Å². The van der Waals surface area contributed by atoms with Crippen LogP contribution < -0.4 is 4.74 Å². The molecule has 0 spiro atoms. The zero-order valence-electron chi connectivity index (χ0n) is 9.95. The molecule has 3 nitrogen and oxygen atoms in total. The second-order valence-corrected chi connectivity index (χ2v) is 4.90. The molecule has 0 aliphatic carbocycles. The Labute approximate surface area is 125 Å². The summed E-state index contributed by atoms with van der Waals surface area (Å²) in [6, 6.07) is 6.86. The Kier molecular flexibility index (Phi) is 4.53. The summed E-state index contributed by atoms with van der Waals surface area (Å²) in [7, 11) is 1.50. The van der Waals surface area contributed by atoms with Crippen LogP contribution in [0.4, 0.5) is 0 Å². The van der Waals surface area contributed by atoms with Crippen LogP contribution >= 0.6 is 34.8 Å². The van der Waals surface area contributed by atoms with Gasteiger partial charge in [-0.25, -0.2) is 4.98 Å². The largest absolute Gasteiger partial charge is 0.481 e. The SMILES string of the molecule is COc1nc(CO)ccc1-c1ccc(Cl)c(Cl)c1Cl. The highest BCUT2D eigenvalue weighted by molar-refractivity contribution is 6.49. The van der Waals surface area contributed by atoms with Crippen molar-refractivity contribution < 1.29 is 9.84 Å². The van der Waals surface area contributed by atoms with Crippen LogP contribution in [0.3, 0.4) is 0 Å². The van der Waals surface area contributed by atoms with E-state index in [1.165, 1.54) is 7.11 Å². The van der Waals surface area contributed by atoms with E-state index in [0.29, 0.717) is 32.7 Å². The Morgan fingerprint density at radius 1 is 1.05 bits per heavy atom. The molecule has 1 N–H and O–H groups in total. The van der Waals surface area contributed by atoms with Crippen molar-refractivity contribution in [2.24, 2.45) is 0 Å². The highest BCUT2D eigenvalue weighted by Crippen LogP contribution is 2.40. The molecule has 0 fully saturated rings. The van der Waals surface area contributed by atoms with Crippen molar-refractivity contribution in [1.82, 2.24) is 4.98 Å². The van der Waals surface area contributed by atoms with Crippen molar-refractivity contribution in [1.29, 1.82) is 0 Å². The average molecular weight is 319 g/mol. The van der Waals surface area contributed by atoms with Crippen LogP contribution in [0.15, 0.2) is 24.3 Å². The third-order valence-electron chi connectivity index (χ3n) is 2.60. The lowest BCUT2D eigenvalue weighted by Gasteiger charge is -2.11. The van der Waals surface area contributed by atoms with Crippen LogP contribution in [-0.4, -0.2) is 17.2 Å². The lowest BCUT2D eigenvalue weighted by molar-refractivity contribution is 0.274. The molecule has 0 aliphatic heterocycles. The van der Waals surface area contributed by atoms with Crippen molar-refractivity contribution in [3.05, 3.63) is 45.0 Å². The van der Waals surface area contributed by atoms with E-state index in [-0.39, 0.29) is 11.6 Å². The lowest BCUT2D eigenvalue weighted by Crippen LogP contribution is -1.96. The third kappa shape index (κ3) is 2.79. The quantitative estimate of drug-likeness (QED) is 0.862. The smallest absolute Gasteiger partial charge is 0.221 e. The van der Waals surface area contributed by atoms with E-state index in [4.69, 9.17) is 44.6 Å². The summed E-state index contributed by atoms with van der Waals surface area (Å²) in [6.07, 6.45) is 0. The molecule has 0 radical (unpaired) electrons. The molecule has 2 rings (SSSR count). The number of hydrogen-bond donors (Lipinski definition) is 1. The van der Waals surface area contributed by atoms with Gasteiger partial charge in [0.2, 0.25) is 5.88 Å². The number of pyridine rings is 1. The molecule has 0 saturated carbocycles. The summed E-state index contributed by atoms with van der Waals surface area (Å²) in [5, 5.41) is 10.1. The zero-order chi connectivity index (χ0) is 14.0. The van der Waals surface area contributed by atoms with Gasteiger partial charge < -0.3 is 9.84 Å². The Hall–Kier alpha value is -1.000. The average Bonchev–Trinajstić information content (AvgIpc) is 2.44. The van der Waals surface area contributed by atoms with Gasteiger partial charge in [0.05, 0.1) is 34.5 Å². The number of aromatic nitrogens is 1. The number of rotatable bonds is 3. The van der Waals surface area contributed by atoms with Gasteiger partial charge in [-0.3, -0.25) is 0 Å². The van der Waals surface area contributed by atoms with Gasteiger partial charge in [0, 0.05) is 11.1 Å². The number of methoxy groups -OCH3 is 1. The Morgan fingerprint density at radius 3 is 2.37 bits per heavy atom. The number of aliphatic hydroxyl groups excluding tert-OH is 1. The first-order chi connectivity index (χ1) is 9.08. The van der Waals surface area contributed by atoms with Crippen LogP contribution in [0.5, 0.6) is 5.88 Å². The maximum atomic E-state index is 9.07. The van der Waals surface area contributed by atoms with Crippen LogP contribution in [0.25, 0.3) is 11.1 Å². The summed E-state index contributed by atoms with van der Waals surface area (Å²) >= 11 is 18.1. The Bertz CT molecular complexity index is 617. The van der Waals surface area contributed by atoms with Gasteiger partial charge in [-0.2, -0.15) is 0 Å². The van der Waals surface area contributed by atoms with E-state index in [0.717, 1.165) is 0 Å². The highest BCUT2D eigenvalue weighted by atomic mass is 35.5. The molecule has 6 heteroatoms. The number of hydrogen-bond acceptors (Lipinski definition) is 3. The molecule has 1 heterocycles. The van der Waals surface area contributed by atoms with Crippen LogP contribution in [0.2, 0.25) is 15.1 Å². The summed E-state index contributed by atoms with van der Waals surface area (Å²) in [5.41, 5.74) is 1.87. The van der Waals surface area contributed by atoms with Crippen LogP contribution in [0, 0.1) is 0 Å². The highest BCUT2D eigenvalue weighted by Gasteiger charge is 2.15. The maximum absolute atomic E-state index is 9.07. The second kappa shape index (κ2) is 5.97. The first kappa shape index (κ1) is 14.4. The fourth-order valence-corrected chi connectivity index (χ4v) is 2.30.